The van der Waals surface area contributed by atoms with Crippen LogP contribution in [0, 0.1) is 0 Å². The Morgan fingerprint density at radius 1 is 1.13 bits per heavy atom. The van der Waals surface area contributed by atoms with E-state index in [0.29, 0.717) is 5.92 Å². The summed E-state index contributed by atoms with van der Waals surface area (Å²) in [6, 6.07) is 4.03. The Balaban J connectivity index is 2.14. The lowest BCUT2D eigenvalue weighted by Gasteiger charge is -2.11. The minimum absolute atomic E-state index is 0.399. The van der Waals surface area contributed by atoms with Crippen LogP contribution in [-0.2, 0) is 6.42 Å². The first-order valence-corrected chi connectivity index (χ1v) is 5.16. The summed E-state index contributed by atoms with van der Waals surface area (Å²) < 4.78 is 10.9. The van der Waals surface area contributed by atoms with E-state index in [1.807, 2.05) is 18.2 Å². The van der Waals surface area contributed by atoms with Gasteiger partial charge >= 0.3 is 0 Å². The minimum atomic E-state index is 0.399. The first kappa shape index (κ1) is 8.60. The molecule has 1 aliphatic rings. The fraction of sp³-hybridized carbons (Fsp3) is 0.231. The maximum absolute atomic E-state index is 5.51. The van der Waals surface area contributed by atoms with E-state index in [2.05, 4.69) is 13.0 Å². The highest BCUT2D eigenvalue weighted by Gasteiger charge is 2.18. The third-order valence-electron chi connectivity index (χ3n) is 2.90. The summed E-state index contributed by atoms with van der Waals surface area (Å²) in [7, 11) is 0. The summed E-state index contributed by atoms with van der Waals surface area (Å²) in [5, 5.41) is 0. The van der Waals surface area contributed by atoms with Crippen molar-refractivity contribution in [2.24, 2.45) is 0 Å². The predicted octanol–water partition coefficient (Wildman–Crippen LogP) is 3.70. The van der Waals surface area contributed by atoms with Crippen molar-refractivity contribution in [3.05, 3.63) is 47.3 Å². The van der Waals surface area contributed by atoms with Crippen molar-refractivity contribution in [2.75, 3.05) is 0 Å². The van der Waals surface area contributed by atoms with E-state index in [0.717, 1.165) is 23.5 Å². The molecule has 0 aliphatic heterocycles. The van der Waals surface area contributed by atoms with E-state index in [1.54, 1.807) is 12.5 Å². The highest BCUT2D eigenvalue weighted by atomic mass is 16.3. The Kier molecular flexibility index (Phi) is 1.81. The van der Waals surface area contributed by atoms with Gasteiger partial charge in [0.05, 0.1) is 12.5 Å². The van der Waals surface area contributed by atoms with Gasteiger partial charge in [0.1, 0.15) is 11.5 Å². The number of hydrogen-bond acceptors (Lipinski definition) is 2. The van der Waals surface area contributed by atoms with Gasteiger partial charge in [-0.1, -0.05) is 6.92 Å². The SMILES string of the molecule is CC1Cc2ccoc2/C=C\c2ccoc21. The van der Waals surface area contributed by atoms with Crippen molar-refractivity contribution in [3.8, 4) is 0 Å². The largest absolute Gasteiger partial charge is 0.468 e. The van der Waals surface area contributed by atoms with Crippen molar-refractivity contribution in [2.45, 2.75) is 19.3 Å². The second-order valence-electron chi connectivity index (χ2n) is 3.99. The fourth-order valence-electron chi connectivity index (χ4n) is 2.12. The van der Waals surface area contributed by atoms with E-state index in [4.69, 9.17) is 8.83 Å². The lowest BCUT2D eigenvalue weighted by molar-refractivity contribution is 0.470. The molecule has 15 heavy (non-hydrogen) atoms. The third kappa shape index (κ3) is 1.33. The highest BCUT2D eigenvalue weighted by Crippen LogP contribution is 2.30. The average Bonchev–Trinajstić information content (AvgIpc) is 2.81. The van der Waals surface area contributed by atoms with Crippen molar-refractivity contribution in [1.29, 1.82) is 0 Å². The fourth-order valence-corrected chi connectivity index (χ4v) is 2.12. The number of furan rings is 2. The molecule has 2 heteroatoms. The molecule has 2 nitrogen and oxygen atoms in total. The molecular formula is C13H12O2. The Morgan fingerprint density at radius 2 is 2.00 bits per heavy atom. The molecule has 0 spiro atoms. The zero-order valence-electron chi connectivity index (χ0n) is 8.57. The van der Waals surface area contributed by atoms with E-state index in [1.165, 1.54) is 5.56 Å². The van der Waals surface area contributed by atoms with Crippen LogP contribution in [0.4, 0.5) is 0 Å². The van der Waals surface area contributed by atoms with Gasteiger partial charge < -0.3 is 8.83 Å². The molecule has 2 heterocycles. The van der Waals surface area contributed by atoms with Gasteiger partial charge in [-0.15, -0.1) is 0 Å². The zero-order valence-corrected chi connectivity index (χ0v) is 8.57. The van der Waals surface area contributed by atoms with Crippen LogP contribution in [-0.4, -0.2) is 0 Å². The van der Waals surface area contributed by atoms with Crippen LogP contribution < -0.4 is 0 Å². The monoisotopic (exact) mass is 200 g/mol. The van der Waals surface area contributed by atoms with Crippen molar-refractivity contribution >= 4 is 12.2 Å². The molecule has 0 aromatic carbocycles. The molecule has 0 fully saturated rings. The first-order valence-electron chi connectivity index (χ1n) is 5.16. The molecule has 0 saturated carbocycles. The van der Waals surface area contributed by atoms with E-state index < -0.39 is 0 Å². The summed E-state index contributed by atoms with van der Waals surface area (Å²) in [5.41, 5.74) is 2.41. The summed E-state index contributed by atoms with van der Waals surface area (Å²) >= 11 is 0. The zero-order chi connectivity index (χ0) is 10.3. The maximum atomic E-state index is 5.51. The molecule has 0 saturated heterocycles. The Hall–Kier alpha value is -1.70. The molecule has 1 atom stereocenters. The normalized spacial score (nSPS) is 21.3. The number of fused-ring (bicyclic) bond motifs is 2. The molecule has 2 aromatic heterocycles. The third-order valence-corrected chi connectivity index (χ3v) is 2.90. The molecule has 76 valence electrons. The molecule has 1 aliphatic carbocycles. The van der Waals surface area contributed by atoms with Crippen molar-refractivity contribution in [1.82, 2.24) is 0 Å². The first-order chi connectivity index (χ1) is 7.34. The van der Waals surface area contributed by atoms with Gasteiger partial charge in [-0.3, -0.25) is 0 Å². The summed E-state index contributed by atoms with van der Waals surface area (Å²) in [4.78, 5) is 0. The second kappa shape index (κ2) is 3.16. The average molecular weight is 200 g/mol. The van der Waals surface area contributed by atoms with Crippen LogP contribution in [0.5, 0.6) is 0 Å². The second-order valence-corrected chi connectivity index (χ2v) is 3.99. The van der Waals surface area contributed by atoms with Crippen LogP contribution in [0.2, 0.25) is 0 Å². The molecule has 3 rings (SSSR count). The van der Waals surface area contributed by atoms with E-state index in [-0.39, 0.29) is 0 Å². The highest BCUT2D eigenvalue weighted by molar-refractivity contribution is 5.70. The molecule has 0 bridgehead atoms. The summed E-state index contributed by atoms with van der Waals surface area (Å²) in [6.45, 7) is 2.18. The van der Waals surface area contributed by atoms with E-state index in [9.17, 15) is 0 Å². The van der Waals surface area contributed by atoms with Gasteiger partial charge in [0.15, 0.2) is 0 Å². The van der Waals surface area contributed by atoms with Gasteiger partial charge in [-0.2, -0.15) is 0 Å². The van der Waals surface area contributed by atoms with Gasteiger partial charge in [-0.25, -0.2) is 0 Å². The van der Waals surface area contributed by atoms with Crippen molar-refractivity contribution in [3.63, 3.8) is 0 Å². The van der Waals surface area contributed by atoms with Crippen LogP contribution in [0.15, 0.2) is 33.5 Å². The lowest BCUT2D eigenvalue weighted by Crippen LogP contribution is -2.00. The molecule has 0 radical (unpaired) electrons. The van der Waals surface area contributed by atoms with Gasteiger partial charge in [0, 0.05) is 11.5 Å². The van der Waals surface area contributed by atoms with Gasteiger partial charge in [-0.05, 0) is 36.3 Å². The van der Waals surface area contributed by atoms with Gasteiger partial charge in [0.25, 0.3) is 0 Å². The topological polar surface area (TPSA) is 26.3 Å². The maximum Gasteiger partial charge on any atom is 0.129 e. The van der Waals surface area contributed by atoms with E-state index >= 15 is 0 Å². The number of hydrogen-bond donors (Lipinski definition) is 0. The molecule has 0 amide bonds. The predicted molar refractivity (Wildman–Crippen MR) is 58.5 cm³/mol. The lowest BCUT2D eigenvalue weighted by atomic mass is 9.94. The number of rotatable bonds is 0. The molecule has 2 aromatic rings. The smallest absolute Gasteiger partial charge is 0.129 e. The molecule has 0 N–H and O–H groups in total. The van der Waals surface area contributed by atoms with Crippen LogP contribution in [0.1, 0.15) is 35.5 Å². The van der Waals surface area contributed by atoms with Gasteiger partial charge in [0.2, 0.25) is 0 Å². The minimum Gasteiger partial charge on any atom is -0.468 e. The Morgan fingerprint density at radius 3 is 2.93 bits per heavy atom. The standard InChI is InChI=1S/C13H12O2/c1-9-8-11-5-6-14-12(11)3-2-10-4-7-15-13(9)10/h2-7,9H,8H2,1H3/b3-2-. The van der Waals surface area contributed by atoms with Crippen molar-refractivity contribution < 1.29 is 8.83 Å². The summed E-state index contributed by atoms with van der Waals surface area (Å²) in [5.74, 6) is 2.43. The Bertz CT molecular complexity index is 502. The Labute approximate surface area is 88.2 Å². The molecular weight excluding hydrogens is 188 g/mol. The quantitative estimate of drug-likeness (QED) is 0.648. The van der Waals surface area contributed by atoms with Crippen LogP contribution >= 0.6 is 0 Å². The summed E-state index contributed by atoms with van der Waals surface area (Å²) in [6.07, 6.45) is 8.52. The molecule has 1 unspecified atom stereocenters. The van der Waals surface area contributed by atoms with Crippen LogP contribution in [0.3, 0.4) is 0 Å². The van der Waals surface area contributed by atoms with Crippen LogP contribution in [0.25, 0.3) is 12.2 Å².